The quantitative estimate of drug-likeness (QED) is 0.374. The summed E-state index contributed by atoms with van der Waals surface area (Å²) in [7, 11) is -3.77. The third kappa shape index (κ3) is 4.63. The van der Waals surface area contributed by atoms with E-state index in [4.69, 9.17) is 16.0 Å². The summed E-state index contributed by atoms with van der Waals surface area (Å²) in [6, 6.07) is 13.9. The van der Waals surface area contributed by atoms with Gasteiger partial charge in [-0.1, -0.05) is 48.4 Å². The molecule has 0 aliphatic heterocycles. The summed E-state index contributed by atoms with van der Waals surface area (Å²) in [6.45, 7) is 3.36. The third-order valence-corrected chi connectivity index (χ3v) is 6.73. The molecule has 174 valence electrons. The van der Waals surface area contributed by atoms with Crippen molar-refractivity contribution < 1.29 is 22.4 Å². The van der Waals surface area contributed by atoms with Crippen LogP contribution in [0.15, 0.2) is 64.3 Å². The molecule has 0 saturated carbocycles. The topological polar surface area (TPSA) is 131 Å². The Morgan fingerprint density at radius 2 is 1.74 bits per heavy atom. The Bertz CT molecular complexity index is 1510. The molecule has 0 aliphatic carbocycles. The first-order valence-corrected chi connectivity index (χ1v) is 12.2. The average molecular weight is 499 g/mol. The first-order valence-electron chi connectivity index (χ1n) is 10.2. The smallest absolute Gasteiger partial charge is 0.293 e. The zero-order chi connectivity index (χ0) is 24.5. The van der Waals surface area contributed by atoms with Gasteiger partial charge in [-0.25, -0.2) is 18.4 Å². The van der Waals surface area contributed by atoms with Gasteiger partial charge in [0.1, 0.15) is 11.3 Å². The second kappa shape index (κ2) is 9.24. The van der Waals surface area contributed by atoms with E-state index in [1.165, 1.54) is 6.92 Å². The Labute approximate surface area is 200 Å². The van der Waals surface area contributed by atoms with Gasteiger partial charge >= 0.3 is 0 Å². The molecular weight excluding hydrogens is 480 g/mol. The van der Waals surface area contributed by atoms with Crippen LogP contribution in [0, 0.1) is 6.92 Å². The van der Waals surface area contributed by atoms with Gasteiger partial charge in [-0.15, -0.1) is 0 Å². The molecule has 2 aromatic heterocycles. The summed E-state index contributed by atoms with van der Waals surface area (Å²) in [4.78, 5) is 33.6. The molecule has 11 heteroatoms. The van der Waals surface area contributed by atoms with Gasteiger partial charge in [-0.05, 0) is 31.2 Å². The first-order chi connectivity index (χ1) is 16.2. The van der Waals surface area contributed by atoms with Crippen LogP contribution in [0.5, 0.6) is 0 Å². The van der Waals surface area contributed by atoms with Gasteiger partial charge in [-0.2, -0.15) is 0 Å². The van der Waals surface area contributed by atoms with Gasteiger partial charge in [0.25, 0.3) is 11.8 Å². The highest BCUT2D eigenvalue weighted by atomic mass is 35.5. The lowest BCUT2D eigenvalue weighted by Gasteiger charge is -2.09. The van der Waals surface area contributed by atoms with Crippen molar-refractivity contribution in [3.8, 4) is 0 Å². The Hall–Kier alpha value is -3.76. The van der Waals surface area contributed by atoms with E-state index in [1.54, 1.807) is 36.4 Å². The molecule has 0 atom stereocenters. The van der Waals surface area contributed by atoms with Crippen molar-refractivity contribution in [1.29, 1.82) is 0 Å². The average Bonchev–Trinajstić information content (AvgIpc) is 3.19. The largest absolute Gasteiger partial charge is 0.449 e. The molecule has 2 amide bonds. The lowest BCUT2D eigenvalue weighted by Crippen LogP contribution is -2.20. The predicted molar refractivity (Wildman–Crippen MR) is 128 cm³/mol. The number of halogens is 1. The number of carbonyl (C=O) groups excluding carboxylic acids is 2. The molecule has 0 saturated heterocycles. The van der Waals surface area contributed by atoms with Crippen LogP contribution in [-0.4, -0.2) is 36.0 Å². The molecule has 2 aromatic carbocycles. The number of rotatable bonds is 6. The third-order valence-electron chi connectivity index (χ3n) is 4.94. The van der Waals surface area contributed by atoms with Crippen LogP contribution in [0.3, 0.4) is 0 Å². The maximum atomic E-state index is 13.1. The molecule has 0 spiro atoms. The Morgan fingerprint density at radius 1 is 1.03 bits per heavy atom. The number of furan rings is 1. The minimum Gasteiger partial charge on any atom is -0.449 e. The number of hydrogen-bond acceptors (Lipinski definition) is 7. The summed E-state index contributed by atoms with van der Waals surface area (Å²) in [5, 5.41) is 5.14. The maximum Gasteiger partial charge on any atom is 0.293 e. The maximum absolute atomic E-state index is 13.1. The van der Waals surface area contributed by atoms with Crippen molar-refractivity contribution in [2.24, 2.45) is 0 Å². The van der Waals surface area contributed by atoms with Crippen LogP contribution >= 0.6 is 11.6 Å². The van der Waals surface area contributed by atoms with Crippen molar-refractivity contribution in [3.63, 3.8) is 0 Å². The first kappa shape index (κ1) is 23.4. The van der Waals surface area contributed by atoms with Crippen LogP contribution in [0.4, 0.5) is 11.4 Å². The fourth-order valence-electron chi connectivity index (χ4n) is 3.12. The van der Waals surface area contributed by atoms with E-state index in [0.29, 0.717) is 16.7 Å². The molecule has 4 rings (SSSR count). The van der Waals surface area contributed by atoms with E-state index in [2.05, 4.69) is 20.6 Å². The summed E-state index contributed by atoms with van der Waals surface area (Å²) < 4.78 is 30.0. The molecule has 0 aliphatic rings. The lowest BCUT2D eigenvalue weighted by atomic mass is 10.2. The van der Waals surface area contributed by atoms with Gasteiger partial charge in [0.15, 0.2) is 5.69 Å². The van der Waals surface area contributed by atoms with Crippen molar-refractivity contribution in [3.05, 3.63) is 76.8 Å². The number of hydrogen-bond donors (Lipinski definition) is 2. The van der Waals surface area contributed by atoms with Crippen molar-refractivity contribution in [2.75, 3.05) is 16.4 Å². The number of anilines is 2. The zero-order valence-corrected chi connectivity index (χ0v) is 19.7. The van der Waals surface area contributed by atoms with E-state index in [1.807, 2.05) is 19.1 Å². The Balaban J connectivity index is 1.72. The molecular formula is C23H19ClN4O5S. The van der Waals surface area contributed by atoms with Gasteiger partial charge in [0.2, 0.25) is 20.8 Å². The highest BCUT2D eigenvalue weighted by Crippen LogP contribution is 2.32. The molecule has 34 heavy (non-hydrogen) atoms. The predicted octanol–water partition coefficient (Wildman–Crippen LogP) is 4.48. The molecule has 9 nitrogen and oxygen atoms in total. The van der Waals surface area contributed by atoms with Crippen molar-refractivity contribution in [2.45, 2.75) is 19.0 Å². The number of para-hydroxylation sites is 1. The van der Waals surface area contributed by atoms with E-state index < -0.39 is 26.8 Å². The van der Waals surface area contributed by atoms with Gasteiger partial charge in [0.05, 0.1) is 17.0 Å². The lowest BCUT2D eigenvalue weighted by molar-refractivity contribution is 0.0999. The molecule has 0 bridgehead atoms. The number of fused-ring (bicyclic) bond motifs is 1. The second-order valence-corrected chi connectivity index (χ2v) is 9.91. The number of aryl methyl sites for hydroxylation is 1. The molecule has 2 N–H and O–H groups in total. The van der Waals surface area contributed by atoms with Gasteiger partial charge in [-0.3, -0.25) is 9.59 Å². The summed E-state index contributed by atoms with van der Waals surface area (Å²) in [5.74, 6) is -1.79. The van der Waals surface area contributed by atoms with E-state index in [9.17, 15) is 18.0 Å². The molecule has 0 radical (unpaired) electrons. The SMILES string of the molecule is CCS(=O)(=O)c1ncc(Cl)c(C(=O)Nc2c(C(=O)Nc3ccc(C)cc3)oc3ccccc23)n1. The number of carbonyl (C=O) groups is 2. The fourth-order valence-corrected chi connectivity index (χ4v) is 3.99. The second-order valence-electron chi connectivity index (χ2n) is 7.33. The number of amides is 2. The van der Waals surface area contributed by atoms with Gasteiger partial charge in [0, 0.05) is 11.1 Å². The van der Waals surface area contributed by atoms with E-state index in [-0.39, 0.29) is 27.9 Å². The summed E-state index contributed by atoms with van der Waals surface area (Å²) in [5.41, 5.74) is 1.69. The number of aromatic nitrogens is 2. The minimum atomic E-state index is -3.77. The number of benzene rings is 2. The van der Waals surface area contributed by atoms with E-state index >= 15 is 0 Å². The van der Waals surface area contributed by atoms with Crippen LogP contribution in [0.1, 0.15) is 33.5 Å². The molecule has 0 fully saturated rings. The summed E-state index contributed by atoms with van der Waals surface area (Å²) in [6.07, 6.45) is 1.05. The van der Waals surface area contributed by atoms with E-state index in [0.717, 1.165) is 11.8 Å². The minimum absolute atomic E-state index is 0.0970. The molecule has 0 unspecified atom stereocenters. The van der Waals surface area contributed by atoms with Crippen LogP contribution in [-0.2, 0) is 9.84 Å². The zero-order valence-electron chi connectivity index (χ0n) is 18.1. The number of nitrogens with zero attached hydrogens (tertiary/aromatic N) is 2. The van der Waals surface area contributed by atoms with Crippen LogP contribution in [0.2, 0.25) is 5.02 Å². The highest BCUT2D eigenvalue weighted by molar-refractivity contribution is 7.91. The number of sulfone groups is 1. The monoisotopic (exact) mass is 498 g/mol. The number of nitrogens with one attached hydrogen (secondary N) is 2. The highest BCUT2D eigenvalue weighted by Gasteiger charge is 2.26. The normalized spacial score (nSPS) is 11.4. The fraction of sp³-hybridized carbons (Fsp3) is 0.130. The molecule has 4 aromatic rings. The van der Waals surface area contributed by atoms with Crippen molar-refractivity contribution in [1.82, 2.24) is 9.97 Å². The Kier molecular flexibility index (Phi) is 6.36. The van der Waals surface area contributed by atoms with Crippen LogP contribution in [0.25, 0.3) is 11.0 Å². The Morgan fingerprint density at radius 3 is 2.44 bits per heavy atom. The standard InChI is InChI=1S/C23H19ClN4O5S/c1-3-34(31,32)23-25-12-16(24)19(28-23)21(29)27-18-15-6-4-5-7-17(15)33-20(18)22(30)26-14-10-8-13(2)9-11-14/h4-12H,3H2,1-2H3,(H,26,30)(H,27,29). The van der Waals surface area contributed by atoms with Gasteiger partial charge < -0.3 is 15.1 Å². The van der Waals surface area contributed by atoms with Crippen molar-refractivity contribution >= 4 is 55.6 Å². The summed E-state index contributed by atoms with van der Waals surface area (Å²) >= 11 is 6.08. The van der Waals surface area contributed by atoms with Crippen LogP contribution < -0.4 is 10.6 Å². The molecule has 2 heterocycles.